The summed E-state index contributed by atoms with van der Waals surface area (Å²) < 4.78 is 0.881. The molecule has 0 aliphatic heterocycles. The van der Waals surface area contributed by atoms with Crippen LogP contribution in [0.2, 0.25) is 5.02 Å². The molecule has 20 heavy (non-hydrogen) atoms. The third-order valence-corrected chi connectivity index (χ3v) is 4.29. The predicted molar refractivity (Wildman–Crippen MR) is 82.9 cm³/mol. The van der Waals surface area contributed by atoms with Crippen LogP contribution in [0, 0.1) is 0 Å². The monoisotopic (exact) mass is 303 g/mol. The van der Waals surface area contributed by atoms with Crippen molar-refractivity contribution in [2.45, 2.75) is 0 Å². The van der Waals surface area contributed by atoms with Crippen LogP contribution in [-0.2, 0) is 0 Å². The van der Waals surface area contributed by atoms with Gasteiger partial charge in [0.25, 0.3) is 5.91 Å². The van der Waals surface area contributed by atoms with Gasteiger partial charge in [0.15, 0.2) is 0 Å². The Morgan fingerprint density at radius 2 is 1.80 bits per heavy atom. The molecule has 3 rings (SSSR count). The largest absolute Gasteiger partial charge is 0.506 e. The summed E-state index contributed by atoms with van der Waals surface area (Å²) in [4.78, 5) is 12.5. The summed E-state index contributed by atoms with van der Waals surface area (Å²) in [5, 5.41) is 14.1. The highest BCUT2D eigenvalue weighted by Gasteiger charge is 2.17. The van der Waals surface area contributed by atoms with E-state index in [9.17, 15) is 9.90 Å². The second-order valence-corrected chi connectivity index (χ2v) is 5.73. The maximum atomic E-state index is 12.2. The van der Waals surface area contributed by atoms with E-state index in [-0.39, 0.29) is 11.7 Å². The molecule has 0 saturated heterocycles. The highest BCUT2D eigenvalue weighted by Crippen LogP contribution is 2.36. The van der Waals surface area contributed by atoms with E-state index in [1.165, 1.54) is 11.3 Å². The fourth-order valence-electron chi connectivity index (χ4n) is 1.91. The molecule has 2 N–H and O–H groups in total. The lowest BCUT2D eigenvalue weighted by molar-refractivity contribution is 0.102. The number of amides is 1. The van der Waals surface area contributed by atoms with Gasteiger partial charge in [0.1, 0.15) is 10.6 Å². The van der Waals surface area contributed by atoms with Crippen molar-refractivity contribution in [1.82, 2.24) is 0 Å². The molecule has 3 nitrogen and oxygen atoms in total. The van der Waals surface area contributed by atoms with E-state index in [0.29, 0.717) is 21.0 Å². The van der Waals surface area contributed by atoms with E-state index in [4.69, 9.17) is 11.6 Å². The quantitative estimate of drug-likeness (QED) is 0.731. The van der Waals surface area contributed by atoms with Crippen molar-refractivity contribution in [3.8, 4) is 5.75 Å². The summed E-state index contributed by atoms with van der Waals surface area (Å²) in [5.41, 5.74) is 0.635. The van der Waals surface area contributed by atoms with Crippen LogP contribution in [-0.4, -0.2) is 11.0 Å². The lowest BCUT2D eigenvalue weighted by Gasteiger charge is -2.03. The van der Waals surface area contributed by atoms with Crippen molar-refractivity contribution < 1.29 is 9.90 Å². The molecule has 0 saturated carbocycles. The first-order chi connectivity index (χ1) is 9.65. The number of hydrogen-bond donors (Lipinski definition) is 2. The number of benzene rings is 2. The molecule has 100 valence electrons. The van der Waals surface area contributed by atoms with Crippen LogP contribution in [0.15, 0.2) is 48.5 Å². The van der Waals surface area contributed by atoms with Gasteiger partial charge in [0.2, 0.25) is 0 Å². The standard InChI is InChI=1S/C15H10ClNO2S/c16-9-5-7-10(8-6-9)17-15(19)14-13(18)11-3-1-2-4-12(11)20-14/h1-8,18H,(H,17,19). The van der Waals surface area contributed by atoms with E-state index >= 15 is 0 Å². The average Bonchev–Trinajstić information content (AvgIpc) is 2.79. The average molecular weight is 304 g/mol. The molecule has 0 unspecified atom stereocenters. The molecule has 1 aromatic heterocycles. The Hall–Kier alpha value is -2.04. The number of fused-ring (bicyclic) bond motifs is 1. The van der Waals surface area contributed by atoms with Gasteiger partial charge in [-0.05, 0) is 36.4 Å². The van der Waals surface area contributed by atoms with Gasteiger partial charge in [-0.3, -0.25) is 4.79 Å². The maximum Gasteiger partial charge on any atom is 0.269 e. The number of carbonyl (C=O) groups excluding carboxylic acids is 1. The van der Waals surface area contributed by atoms with Crippen LogP contribution in [0.5, 0.6) is 5.75 Å². The SMILES string of the molecule is O=C(Nc1ccc(Cl)cc1)c1sc2ccccc2c1O. The van der Waals surface area contributed by atoms with Crippen LogP contribution < -0.4 is 5.32 Å². The molecule has 0 aliphatic carbocycles. The van der Waals surface area contributed by atoms with Crippen LogP contribution in [0.25, 0.3) is 10.1 Å². The van der Waals surface area contributed by atoms with Gasteiger partial charge in [-0.1, -0.05) is 23.7 Å². The Balaban J connectivity index is 1.92. The minimum absolute atomic E-state index is 0.0251. The number of carbonyl (C=O) groups is 1. The van der Waals surface area contributed by atoms with Crippen molar-refractivity contribution in [2.75, 3.05) is 5.32 Å². The van der Waals surface area contributed by atoms with E-state index < -0.39 is 0 Å². The molecule has 3 aromatic rings. The van der Waals surface area contributed by atoms with E-state index in [2.05, 4.69) is 5.32 Å². The van der Waals surface area contributed by atoms with Crippen molar-refractivity contribution >= 4 is 44.6 Å². The van der Waals surface area contributed by atoms with Gasteiger partial charge in [-0.2, -0.15) is 0 Å². The van der Waals surface area contributed by atoms with Crippen molar-refractivity contribution in [1.29, 1.82) is 0 Å². The molecule has 0 aliphatic rings. The summed E-state index contributed by atoms with van der Waals surface area (Å²) in [6, 6.07) is 14.2. The zero-order valence-electron chi connectivity index (χ0n) is 10.3. The lowest BCUT2D eigenvalue weighted by atomic mass is 10.2. The molecule has 0 fully saturated rings. The number of aromatic hydroxyl groups is 1. The highest BCUT2D eigenvalue weighted by molar-refractivity contribution is 7.21. The zero-order valence-corrected chi connectivity index (χ0v) is 11.8. The van der Waals surface area contributed by atoms with Crippen LogP contribution in [0.1, 0.15) is 9.67 Å². The van der Waals surface area contributed by atoms with Gasteiger partial charge in [0.05, 0.1) is 0 Å². The van der Waals surface area contributed by atoms with Crippen LogP contribution >= 0.6 is 22.9 Å². The molecule has 0 bridgehead atoms. The van der Waals surface area contributed by atoms with E-state index in [1.807, 2.05) is 18.2 Å². The Bertz CT molecular complexity index is 780. The van der Waals surface area contributed by atoms with Crippen molar-refractivity contribution in [3.05, 3.63) is 58.4 Å². The van der Waals surface area contributed by atoms with Crippen molar-refractivity contribution in [3.63, 3.8) is 0 Å². The fraction of sp³-hybridized carbons (Fsp3) is 0. The van der Waals surface area contributed by atoms with Gasteiger partial charge < -0.3 is 10.4 Å². The predicted octanol–water partition coefficient (Wildman–Crippen LogP) is 4.51. The number of halogens is 1. The smallest absolute Gasteiger partial charge is 0.269 e. The van der Waals surface area contributed by atoms with Gasteiger partial charge in [-0.15, -0.1) is 11.3 Å². The van der Waals surface area contributed by atoms with Crippen LogP contribution in [0.3, 0.4) is 0 Å². The molecule has 0 atom stereocenters. The Labute approximate surface area is 124 Å². The second kappa shape index (κ2) is 5.15. The Morgan fingerprint density at radius 3 is 2.50 bits per heavy atom. The van der Waals surface area contributed by atoms with Gasteiger partial charge in [-0.25, -0.2) is 0 Å². The molecule has 0 spiro atoms. The topological polar surface area (TPSA) is 49.3 Å². The number of rotatable bonds is 2. The minimum Gasteiger partial charge on any atom is -0.506 e. The Morgan fingerprint density at radius 1 is 1.10 bits per heavy atom. The number of thiophene rings is 1. The zero-order chi connectivity index (χ0) is 14.1. The third kappa shape index (κ3) is 2.35. The number of anilines is 1. The first-order valence-corrected chi connectivity index (χ1v) is 7.12. The summed E-state index contributed by atoms with van der Waals surface area (Å²) in [5.74, 6) is -0.303. The van der Waals surface area contributed by atoms with Gasteiger partial charge in [0, 0.05) is 20.8 Å². The summed E-state index contributed by atoms with van der Waals surface area (Å²) >= 11 is 7.06. The van der Waals surface area contributed by atoms with Gasteiger partial charge >= 0.3 is 0 Å². The van der Waals surface area contributed by atoms with E-state index in [0.717, 1.165) is 4.70 Å². The molecule has 1 heterocycles. The normalized spacial score (nSPS) is 10.7. The summed E-state index contributed by atoms with van der Waals surface area (Å²) in [6.45, 7) is 0. The molecular formula is C15H10ClNO2S. The minimum atomic E-state index is -0.328. The number of nitrogens with one attached hydrogen (secondary N) is 1. The fourth-order valence-corrected chi connectivity index (χ4v) is 3.02. The summed E-state index contributed by atoms with van der Waals surface area (Å²) in [7, 11) is 0. The first kappa shape index (κ1) is 13.0. The molecule has 1 amide bonds. The lowest BCUT2D eigenvalue weighted by Crippen LogP contribution is -2.10. The summed E-state index contributed by atoms with van der Waals surface area (Å²) in [6.07, 6.45) is 0. The first-order valence-electron chi connectivity index (χ1n) is 5.92. The molecule has 2 aromatic carbocycles. The molecule has 5 heteroatoms. The second-order valence-electron chi connectivity index (χ2n) is 4.24. The molecule has 0 radical (unpaired) electrons. The number of hydrogen-bond acceptors (Lipinski definition) is 3. The highest BCUT2D eigenvalue weighted by atomic mass is 35.5. The third-order valence-electron chi connectivity index (χ3n) is 2.88. The van der Waals surface area contributed by atoms with Crippen molar-refractivity contribution in [2.24, 2.45) is 0 Å². The van der Waals surface area contributed by atoms with E-state index in [1.54, 1.807) is 30.3 Å². The Kier molecular flexibility index (Phi) is 3.34. The molecular weight excluding hydrogens is 294 g/mol. The maximum absolute atomic E-state index is 12.2. The van der Waals surface area contributed by atoms with Crippen LogP contribution in [0.4, 0.5) is 5.69 Å².